The number of amides is 1. The molecule has 0 aliphatic rings. The highest BCUT2D eigenvalue weighted by Gasteiger charge is 2.22. The van der Waals surface area contributed by atoms with Gasteiger partial charge in [-0.05, 0) is 18.2 Å². The number of aliphatic hydroxyl groups is 1. The van der Waals surface area contributed by atoms with Gasteiger partial charge in [0.2, 0.25) is 0 Å². The lowest BCUT2D eigenvalue weighted by Crippen LogP contribution is -2.44. The van der Waals surface area contributed by atoms with Crippen molar-refractivity contribution in [3.63, 3.8) is 0 Å². The Morgan fingerprint density at radius 2 is 1.95 bits per heavy atom. The summed E-state index contributed by atoms with van der Waals surface area (Å²) in [6.07, 6.45) is 0. The van der Waals surface area contributed by atoms with E-state index < -0.39 is 31.1 Å². The van der Waals surface area contributed by atoms with Crippen LogP contribution in [0.4, 0.5) is 8.78 Å². The van der Waals surface area contributed by atoms with Crippen molar-refractivity contribution in [3.8, 4) is 11.5 Å². The molecule has 0 saturated heterocycles. The molecule has 0 spiro atoms. The average Bonchev–Trinajstić information content (AvgIpc) is 2.51. The molecule has 0 radical (unpaired) electrons. The van der Waals surface area contributed by atoms with E-state index in [1.807, 2.05) is 0 Å². The molecule has 9 heteroatoms. The van der Waals surface area contributed by atoms with Crippen LogP contribution in [0.1, 0.15) is 10.4 Å². The zero-order valence-electron chi connectivity index (χ0n) is 11.8. The molecule has 0 heterocycles. The van der Waals surface area contributed by atoms with E-state index in [2.05, 4.69) is 14.8 Å². The second kappa shape index (κ2) is 8.13. The number of nitrogens with one attached hydrogen (secondary N) is 1. The standard InChI is InChI=1S/C13H15F2NO6/c1-20-10-5-7(3-4-9(10)22-13(14)15)11(18)16-8(6-17)12(19)21-2/h3-5,8,13,17H,6H2,1-2H3,(H,16,18)/t8-/m0/s1. The number of hydrogen-bond acceptors (Lipinski definition) is 6. The van der Waals surface area contributed by atoms with Crippen molar-refractivity contribution in [3.05, 3.63) is 23.8 Å². The number of halogens is 2. The largest absolute Gasteiger partial charge is 0.493 e. The molecule has 1 aromatic carbocycles. The molecule has 1 aromatic rings. The number of carbonyl (C=O) groups is 2. The van der Waals surface area contributed by atoms with E-state index in [9.17, 15) is 18.4 Å². The van der Waals surface area contributed by atoms with Crippen LogP contribution in [-0.2, 0) is 9.53 Å². The van der Waals surface area contributed by atoms with Crippen LogP contribution in [0.5, 0.6) is 11.5 Å². The summed E-state index contributed by atoms with van der Waals surface area (Å²) >= 11 is 0. The van der Waals surface area contributed by atoms with Gasteiger partial charge in [0.15, 0.2) is 17.5 Å². The first kappa shape index (κ1) is 17.6. The van der Waals surface area contributed by atoms with Gasteiger partial charge in [-0.25, -0.2) is 4.79 Å². The minimum Gasteiger partial charge on any atom is -0.493 e. The third-order valence-corrected chi connectivity index (χ3v) is 2.62. The van der Waals surface area contributed by atoms with E-state index >= 15 is 0 Å². The van der Waals surface area contributed by atoms with E-state index in [4.69, 9.17) is 9.84 Å². The predicted molar refractivity (Wildman–Crippen MR) is 70.0 cm³/mol. The Morgan fingerprint density at radius 1 is 1.27 bits per heavy atom. The van der Waals surface area contributed by atoms with Crippen LogP contribution in [0, 0.1) is 0 Å². The van der Waals surface area contributed by atoms with Crippen LogP contribution in [0.15, 0.2) is 18.2 Å². The van der Waals surface area contributed by atoms with E-state index in [1.54, 1.807) is 0 Å². The number of rotatable bonds is 7. The van der Waals surface area contributed by atoms with Crippen LogP contribution < -0.4 is 14.8 Å². The first-order valence-electron chi connectivity index (χ1n) is 6.05. The van der Waals surface area contributed by atoms with Crippen LogP contribution in [-0.4, -0.2) is 50.5 Å². The van der Waals surface area contributed by atoms with E-state index in [0.717, 1.165) is 13.2 Å². The summed E-state index contributed by atoms with van der Waals surface area (Å²) in [5, 5.41) is 11.3. The Balaban J connectivity index is 2.92. The molecule has 1 rings (SSSR count). The molecular weight excluding hydrogens is 304 g/mol. The van der Waals surface area contributed by atoms with Crippen molar-refractivity contribution >= 4 is 11.9 Å². The zero-order chi connectivity index (χ0) is 16.7. The van der Waals surface area contributed by atoms with Crippen LogP contribution in [0.25, 0.3) is 0 Å². The fourth-order valence-corrected chi connectivity index (χ4v) is 1.57. The normalized spacial score (nSPS) is 11.7. The maximum atomic E-state index is 12.2. The first-order chi connectivity index (χ1) is 10.4. The molecular formula is C13H15F2NO6. The van der Waals surface area contributed by atoms with Crippen molar-refractivity contribution in [2.24, 2.45) is 0 Å². The smallest absolute Gasteiger partial charge is 0.387 e. The lowest BCUT2D eigenvalue weighted by atomic mass is 10.1. The Hall–Kier alpha value is -2.42. The number of methoxy groups -OCH3 is 2. The number of esters is 1. The number of aliphatic hydroxyl groups excluding tert-OH is 1. The fraction of sp³-hybridized carbons (Fsp3) is 0.385. The average molecular weight is 319 g/mol. The van der Waals surface area contributed by atoms with Gasteiger partial charge in [0, 0.05) is 5.56 Å². The highest BCUT2D eigenvalue weighted by atomic mass is 19.3. The Kier molecular flexibility index (Phi) is 6.51. The van der Waals surface area contributed by atoms with Crippen molar-refractivity contribution < 1.29 is 37.7 Å². The highest BCUT2D eigenvalue weighted by molar-refractivity contribution is 5.97. The fourth-order valence-electron chi connectivity index (χ4n) is 1.57. The molecule has 0 aliphatic heterocycles. The van der Waals surface area contributed by atoms with Crippen LogP contribution >= 0.6 is 0 Å². The maximum absolute atomic E-state index is 12.2. The van der Waals surface area contributed by atoms with Gasteiger partial charge in [-0.1, -0.05) is 0 Å². The van der Waals surface area contributed by atoms with E-state index in [0.29, 0.717) is 0 Å². The lowest BCUT2D eigenvalue weighted by Gasteiger charge is -2.15. The van der Waals surface area contributed by atoms with Gasteiger partial charge in [-0.3, -0.25) is 4.79 Å². The molecule has 7 nitrogen and oxygen atoms in total. The number of benzene rings is 1. The lowest BCUT2D eigenvalue weighted by molar-refractivity contribution is -0.143. The van der Waals surface area contributed by atoms with Gasteiger partial charge in [-0.2, -0.15) is 8.78 Å². The quantitative estimate of drug-likeness (QED) is 0.713. The summed E-state index contributed by atoms with van der Waals surface area (Å²) in [5.74, 6) is -1.85. The van der Waals surface area contributed by atoms with E-state index in [-0.39, 0.29) is 17.1 Å². The second-order valence-corrected chi connectivity index (χ2v) is 3.98. The molecule has 22 heavy (non-hydrogen) atoms. The molecule has 0 aliphatic carbocycles. The van der Waals surface area contributed by atoms with Gasteiger partial charge >= 0.3 is 12.6 Å². The third kappa shape index (κ3) is 4.55. The summed E-state index contributed by atoms with van der Waals surface area (Å²) in [6.45, 7) is -3.69. The minimum atomic E-state index is -3.04. The molecule has 1 atom stereocenters. The maximum Gasteiger partial charge on any atom is 0.387 e. The number of alkyl halides is 2. The van der Waals surface area contributed by atoms with E-state index in [1.165, 1.54) is 19.2 Å². The molecule has 2 N–H and O–H groups in total. The second-order valence-electron chi connectivity index (χ2n) is 3.98. The predicted octanol–water partition coefficient (Wildman–Crippen LogP) is 0.560. The van der Waals surface area contributed by atoms with Gasteiger partial charge in [0.05, 0.1) is 20.8 Å². The minimum absolute atomic E-state index is 0.0285. The topological polar surface area (TPSA) is 94.1 Å². The molecule has 0 unspecified atom stereocenters. The van der Waals surface area contributed by atoms with Crippen molar-refractivity contribution in [2.75, 3.05) is 20.8 Å². The SMILES string of the molecule is COC(=O)[C@H](CO)NC(=O)c1ccc(OC(F)F)c(OC)c1. The van der Waals surface area contributed by atoms with Crippen molar-refractivity contribution in [1.29, 1.82) is 0 Å². The molecule has 0 aromatic heterocycles. The number of ether oxygens (including phenoxy) is 3. The molecule has 1 amide bonds. The first-order valence-corrected chi connectivity index (χ1v) is 6.05. The summed E-state index contributed by atoms with van der Waals surface area (Å²) in [5.41, 5.74) is 0.0285. The number of carbonyl (C=O) groups excluding carboxylic acids is 2. The number of hydrogen-bond donors (Lipinski definition) is 2. The van der Waals surface area contributed by atoms with Crippen molar-refractivity contribution in [2.45, 2.75) is 12.7 Å². The van der Waals surface area contributed by atoms with Gasteiger partial charge < -0.3 is 24.6 Å². The highest BCUT2D eigenvalue weighted by Crippen LogP contribution is 2.29. The molecule has 122 valence electrons. The van der Waals surface area contributed by atoms with Crippen LogP contribution in [0.3, 0.4) is 0 Å². The van der Waals surface area contributed by atoms with Gasteiger partial charge in [-0.15, -0.1) is 0 Å². The van der Waals surface area contributed by atoms with Gasteiger partial charge in [0.25, 0.3) is 5.91 Å². The summed E-state index contributed by atoms with van der Waals surface area (Å²) < 4.78 is 37.9. The Bertz CT molecular complexity index is 537. The monoisotopic (exact) mass is 319 g/mol. The molecule has 0 saturated carbocycles. The summed E-state index contributed by atoms with van der Waals surface area (Å²) in [6, 6.07) is 2.27. The molecule has 0 fully saturated rings. The Labute approximate surface area is 124 Å². The molecule has 0 bridgehead atoms. The summed E-state index contributed by atoms with van der Waals surface area (Å²) in [4.78, 5) is 23.2. The zero-order valence-corrected chi connectivity index (χ0v) is 11.8. The third-order valence-electron chi connectivity index (χ3n) is 2.62. The summed E-state index contributed by atoms with van der Waals surface area (Å²) in [7, 11) is 2.33. The Morgan fingerprint density at radius 3 is 2.45 bits per heavy atom. The van der Waals surface area contributed by atoms with Gasteiger partial charge in [0.1, 0.15) is 0 Å². The van der Waals surface area contributed by atoms with Crippen LogP contribution in [0.2, 0.25) is 0 Å². The van der Waals surface area contributed by atoms with Crippen molar-refractivity contribution in [1.82, 2.24) is 5.32 Å².